The lowest BCUT2D eigenvalue weighted by Gasteiger charge is -2.25. The van der Waals surface area contributed by atoms with Crippen LogP contribution in [0.15, 0.2) is 36.5 Å². The van der Waals surface area contributed by atoms with Crippen LogP contribution in [0.4, 0.5) is 0 Å². The van der Waals surface area contributed by atoms with Crippen molar-refractivity contribution in [2.75, 3.05) is 19.7 Å². The lowest BCUT2D eigenvalue weighted by atomic mass is 10.0. The molecule has 1 aromatic heterocycles. The molecular weight excluding hydrogens is 238 g/mol. The first kappa shape index (κ1) is 12.1. The van der Waals surface area contributed by atoms with Gasteiger partial charge in [-0.3, -0.25) is 0 Å². The molecule has 19 heavy (non-hydrogen) atoms. The maximum Gasteiger partial charge on any atom is 0.134 e. The summed E-state index contributed by atoms with van der Waals surface area (Å²) in [4.78, 5) is 9.01. The van der Waals surface area contributed by atoms with Gasteiger partial charge in [0, 0.05) is 30.8 Å². The Morgan fingerprint density at radius 2 is 2.00 bits per heavy atom. The third kappa shape index (κ3) is 2.58. The average molecular weight is 255 g/mol. The molecule has 1 aliphatic rings. The van der Waals surface area contributed by atoms with Gasteiger partial charge in [-0.15, -0.1) is 0 Å². The van der Waals surface area contributed by atoms with Crippen LogP contribution >= 0.6 is 0 Å². The van der Waals surface area contributed by atoms with Crippen molar-refractivity contribution in [3.05, 3.63) is 42.4 Å². The van der Waals surface area contributed by atoms with Gasteiger partial charge in [-0.05, 0) is 37.3 Å². The highest BCUT2D eigenvalue weighted by atomic mass is 16.5. The van der Waals surface area contributed by atoms with Gasteiger partial charge in [0.05, 0.1) is 12.3 Å². The number of aromatic nitrogens is 2. The second-order valence-corrected chi connectivity index (χ2v) is 4.61. The van der Waals surface area contributed by atoms with Crippen LogP contribution in [0.5, 0.6) is 5.75 Å². The van der Waals surface area contributed by atoms with Gasteiger partial charge in [0.25, 0.3) is 0 Å². The molecule has 0 aliphatic carbocycles. The molecule has 98 valence electrons. The maximum absolute atomic E-state index is 5.44. The second-order valence-electron chi connectivity index (χ2n) is 4.61. The SMILES string of the molecule is CCOc1ccc(-c2ccnc(C3CNC3)n2)cc1. The summed E-state index contributed by atoms with van der Waals surface area (Å²) in [5, 5.41) is 3.24. The van der Waals surface area contributed by atoms with Crippen molar-refractivity contribution in [2.45, 2.75) is 12.8 Å². The number of nitrogens with zero attached hydrogens (tertiary/aromatic N) is 2. The zero-order valence-corrected chi connectivity index (χ0v) is 11.0. The topological polar surface area (TPSA) is 47.0 Å². The molecule has 1 fully saturated rings. The Bertz CT molecular complexity index is 550. The highest BCUT2D eigenvalue weighted by Gasteiger charge is 2.21. The first-order valence-electron chi connectivity index (χ1n) is 6.63. The molecule has 0 unspecified atom stereocenters. The normalized spacial score (nSPS) is 15.0. The van der Waals surface area contributed by atoms with Crippen LogP contribution in [0, 0.1) is 0 Å². The van der Waals surface area contributed by atoms with Crippen LogP contribution in [0.3, 0.4) is 0 Å². The second kappa shape index (κ2) is 5.36. The molecule has 0 bridgehead atoms. The molecule has 3 rings (SSSR count). The van der Waals surface area contributed by atoms with E-state index in [-0.39, 0.29) is 0 Å². The van der Waals surface area contributed by atoms with Crippen molar-refractivity contribution in [3.63, 3.8) is 0 Å². The summed E-state index contributed by atoms with van der Waals surface area (Å²) >= 11 is 0. The maximum atomic E-state index is 5.44. The van der Waals surface area contributed by atoms with E-state index in [1.54, 1.807) is 0 Å². The number of benzene rings is 1. The van der Waals surface area contributed by atoms with Crippen LogP contribution < -0.4 is 10.1 Å². The quantitative estimate of drug-likeness (QED) is 0.910. The summed E-state index contributed by atoms with van der Waals surface area (Å²) in [6.45, 7) is 4.63. The highest BCUT2D eigenvalue weighted by molar-refractivity contribution is 5.59. The third-order valence-corrected chi connectivity index (χ3v) is 3.28. The molecule has 4 nitrogen and oxygen atoms in total. The van der Waals surface area contributed by atoms with Gasteiger partial charge >= 0.3 is 0 Å². The summed E-state index contributed by atoms with van der Waals surface area (Å²) < 4.78 is 5.44. The lowest BCUT2D eigenvalue weighted by molar-refractivity contribution is 0.340. The molecule has 1 saturated heterocycles. The largest absolute Gasteiger partial charge is 0.494 e. The summed E-state index contributed by atoms with van der Waals surface area (Å²) in [5.74, 6) is 2.29. The molecule has 1 aromatic carbocycles. The van der Waals surface area contributed by atoms with E-state index in [0.29, 0.717) is 12.5 Å². The van der Waals surface area contributed by atoms with Crippen molar-refractivity contribution >= 4 is 0 Å². The molecule has 0 saturated carbocycles. The fourth-order valence-corrected chi connectivity index (χ4v) is 2.09. The number of rotatable bonds is 4. The Labute approximate surface area is 112 Å². The minimum Gasteiger partial charge on any atom is -0.494 e. The fraction of sp³-hybridized carbons (Fsp3) is 0.333. The zero-order chi connectivity index (χ0) is 13.1. The minimum absolute atomic E-state index is 0.461. The van der Waals surface area contributed by atoms with E-state index in [1.165, 1.54) is 0 Å². The van der Waals surface area contributed by atoms with Crippen molar-refractivity contribution in [1.82, 2.24) is 15.3 Å². The third-order valence-electron chi connectivity index (χ3n) is 3.28. The molecular formula is C15H17N3O. The van der Waals surface area contributed by atoms with E-state index < -0.39 is 0 Å². The predicted octanol–water partition coefficient (Wildman–Crippen LogP) is 2.23. The molecule has 0 radical (unpaired) electrons. The van der Waals surface area contributed by atoms with Crippen molar-refractivity contribution < 1.29 is 4.74 Å². The fourth-order valence-electron chi connectivity index (χ4n) is 2.09. The van der Waals surface area contributed by atoms with E-state index in [9.17, 15) is 0 Å². The van der Waals surface area contributed by atoms with Crippen LogP contribution in [0.1, 0.15) is 18.7 Å². The molecule has 1 aliphatic heterocycles. The van der Waals surface area contributed by atoms with Gasteiger partial charge in [-0.2, -0.15) is 0 Å². The Morgan fingerprint density at radius 1 is 1.21 bits per heavy atom. The molecule has 0 spiro atoms. The van der Waals surface area contributed by atoms with E-state index in [1.807, 2.05) is 43.5 Å². The summed E-state index contributed by atoms with van der Waals surface area (Å²) in [6.07, 6.45) is 1.84. The van der Waals surface area contributed by atoms with Gasteiger partial charge < -0.3 is 10.1 Å². The Balaban J connectivity index is 1.84. The predicted molar refractivity (Wildman–Crippen MR) is 74.2 cm³/mol. The summed E-state index contributed by atoms with van der Waals surface area (Å²) in [5.41, 5.74) is 2.07. The van der Waals surface area contributed by atoms with Crippen LogP contribution in [-0.4, -0.2) is 29.7 Å². The van der Waals surface area contributed by atoms with Crippen LogP contribution in [-0.2, 0) is 0 Å². The molecule has 0 amide bonds. The van der Waals surface area contributed by atoms with Gasteiger partial charge in [-0.25, -0.2) is 9.97 Å². The van der Waals surface area contributed by atoms with E-state index in [2.05, 4.69) is 15.3 Å². The molecule has 1 N–H and O–H groups in total. The summed E-state index contributed by atoms with van der Waals surface area (Å²) in [6, 6.07) is 9.98. The average Bonchev–Trinajstić information content (AvgIpc) is 2.38. The van der Waals surface area contributed by atoms with Gasteiger partial charge in [0.2, 0.25) is 0 Å². The molecule has 4 heteroatoms. The van der Waals surface area contributed by atoms with E-state index in [0.717, 1.165) is 35.9 Å². The van der Waals surface area contributed by atoms with Crippen molar-refractivity contribution in [1.29, 1.82) is 0 Å². The van der Waals surface area contributed by atoms with Crippen molar-refractivity contribution in [2.24, 2.45) is 0 Å². The highest BCUT2D eigenvalue weighted by Crippen LogP contribution is 2.23. The van der Waals surface area contributed by atoms with Crippen LogP contribution in [0.2, 0.25) is 0 Å². The number of hydrogen-bond donors (Lipinski definition) is 1. The van der Waals surface area contributed by atoms with Gasteiger partial charge in [-0.1, -0.05) is 0 Å². The van der Waals surface area contributed by atoms with E-state index >= 15 is 0 Å². The first-order valence-corrected chi connectivity index (χ1v) is 6.63. The Hall–Kier alpha value is -1.94. The van der Waals surface area contributed by atoms with E-state index in [4.69, 9.17) is 4.74 Å². The first-order chi connectivity index (χ1) is 9.36. The Morgan fingerprint density at radius 3 is 2.63 bits per heavy atom. The Kier molecular flexibility index (Phi) is 3.42. The van der Waals surface area contributed by atoms with Gasteiger partial charge in [0.1, 0.15) is 11.6 Å². The standard InChI is InChI=1S/C15H17N3O/c1-2-19-13-5-3-11(4-6-13)14-7-8-17-15(18-14)12-9-16-10-12/h3-8,12,16H,2,9-10H2,1H3. The van der Waals surface area contributed by atoms with Crippen molar-refractivity contribution in [3.8, 4) is 17.0 Å². The minimum atomic E-state index is 0.461. The lowest BCUT2D eigenvalue weighted by Crippen LogP contribution is -2.40. The number of hydrogen-bond acceptors (Lipinski definition) is 4. The summed E-state index contributed by atoms with van der Waals surface area (Å²) in [7, 11) is 0. The molecule has 2 aromatic rings. The zero-order valence-electron chi connectivity index (χ0n) is 11.0. The van der Waals surface area contributed by atoms with Gasteiger partial charge in [0.15, 0.2) is 0 Å². The van der Waals surface area contributed by atoms with Crippen LogP contribution in [0.25, 0.3) is 11.3 Å². The molecule has 2 heterocycles. The monoisotopic (exact) mass is 255 g/mol. The number of nitrogens with one attached hydrogen (secondary N) is 1. The number of ether oxygens (including phenoxy) is 1. The smallest absolute Gasteiger partial charge is 0.134 e. The molecule has 0 atom stereocenters.